The molecule has 0 aliphatic rings. The number of aryl methyl sites for hydroxylation is 1. The topological polar surface area (TPSA) is 46.3 Å². The number of nitrogens with zero attached hydrogens (tertiary/aromatic N) is 1. The molecule has 2 aromatic rings. The van der Waals surface area contributed by atoms with Gasteiger partial charge >= 0.3 is 0 Å². The molecular weight excluding hydrogens is 244 g/mol. The molecule has 0 fully saturated rings. The Labute approximate surface area is 111 Å². The molecular formula is C14H16N2OS. The van der Waals surface area contributed by atoms with Gasteiger partial charge in [-0.25, -0.2) is 0 Å². The van der Waals surface area contributed by atoms with E-state index in [1.54, 1.807) is 16.2 Å². The van der Waals surface area contributed by atoms with E-state index in [0.717, 1.165) is 22.4 Å². The number of nitrogens with two attached hydrogens (primary N) is 1. The molecule has 1 amide bonds. The van der Waals surface area contributed by atoms with Crippen LogP contribution in [0.15, 0.2) is 35.0 Å². The van der Waals surface area contributed by atoms with Gasteiger partial charge in [-0.3, -0.25) is 4.79 Å². The third-order valence-corrected chi connectivity index (χ3v) is 3.66. The van der Waals surface area contributed by atoms with Crippen LogP contribution in [-0.4, -0.2) is 17.9 Å². The molecule has 0 aliphatic carbocycles. The number of benzene rings is 1. The van der Waals surface area contributed by atoms with E-state index in [1.807, 2.05) is 49.0 Å². The summed E-state index contributed by atoms with van der Waals surface area (Å²) in [4.78, 5) is 13.9. The molecule has 1 aromatic heterocycles. The van der Waals surface area contributed by atoms with Crippen LogP contribution in [0.4, 0.5) is 5.69 Å². The smallest absolute Gasteiger partial charge is 0.255 e. The Morgan fingerprint density at radius 2 is 2.17 bits per heavy atom. The maximum absolute atomic E-state index is 12.2. The van der Waals surface area contributed by atoms with Gasteiger partial charge in [0.25, 0.3) is 5.91 Å². The van der Waals surface area contributed by atoms with E-state index < -0.39 is 0 Å². The number of carbonyl (C=O) groups is 1. The number of anilines is 1. The highest BCUT2D eigenvalue weighted by Crippen LogP contribution is 2.17. The second-order valence-electron chi connectivity index (χ2n) is 4.37. The molecule has 4 heteroatoms. The van der Waals surface area contributed by atoms with E-state index in [1.165, 1.54) is 0 Å². The Bertz CT molecular complexity index is 562. The molecule has 18 heavy (non-hydrogen) atoms. The van der Waals surface area contributed by atoms with Crippen LogP contribution in [0.3, 0.4) is 0 Å². The molecule has 94 valence electrons. The van der Waals surface area contributed by atoms with E-state index in [4.69, 9.17) is 5.73 Å². The molecule has 2 rings (SSSR count). The van der Waals surface area contributed by atoms with Gasteiger partial charge in [0.15, 0.2) is 0 Å². The number of amides is 1. The molecule has 0 saturated heterocycles. The van der Waals surface area contributed by atoms with Crippen molar-refractivity contribution in [3.05, 3.63) is 51.7 Å². The van der Waals surface area contributed by atoms with Gasteiger partial charge in [0.05, 0.1) is 5.56 Å². The predicted octanol–water partition coefficient (Wildman–Crippen LogP) is 2.91. The number of hydrogen-bond donors (Lipinski definition) is 1. The van der Waals surface area contributed by atoms with Crippen molar-refractivity contribution in [2.45, 2.75) is 13.5 Å². The first kappa shape index (κ1) is 12.6. The minimum Gasteiger partial charge on any atom is -0.399 e. The number of rotatable bonds is 3. The second kappa shape index (κ2) is 5.23. The highest BCUT2D eigenvalue weighted by molar-refractivity contribution is 7.08. The molecule has 0 aliphatic heterocycles. The molecule has 2 N–H and O–H groups in total. The molecule has 0 radical (unpaired) electrons. The standard InChI is InChI=1S/C14H16N2OS/c1-10-8-18-9-13(10)14(17)16(2)7-11-4-3-5-12(15)6-11/h3-6,8-9H,7,15H2,1-2H3. The zero-order chi connectivity index (χ0) is 13.1. The summed E-state index contributed by atoms with van der Waals surface area (Å²) in [6, 6.07) is 7.61. The monoisotopic (exact) mass is 260 g/mol. The van der Waals surface area contributed by atoms with Gasteiger partial charge in [-0.05, 0) is 35.6 Å². The molecule has 0 spiro atoms. The normalized spacial score (nSPS) is 10.3. The third-order valence-electron chi connectivity index (χ3n) is 2.80. The number of thiophene rings is 1. The van der Waals surface area contributed by atoms with Crippen molar-refractivity contribution in [1.29, 1.82) is 0 Å². The lowest BCUT2D eigenvalue weighted by atomic mass is 10.1. The zero-order valence-electron chi connectivity index (χ0n) is 10.5. The van der Waals surface area contributed by atoms with Crippen LogP contribution in [0, 0.1) is 6.92 Å². The van der Waals surface area contributed by atoms with Crippen molar-refractivity contribution in [2.24, 2.45) is 0 Å². The fraction of sp³-hybridized carbons (Fsp3) is 0.214. The SMILES string of the molecule is Cc1cscc1C(=O)N(C)Cc1cccc(N)c1. The van der Waals surface area contributed by atoms with Gasteiger partial charge in [-0.15, -0.1) is 0 Å². The number of hydrogen-bond acceptors (Lipinski definition) is 3. The van der Waals surface area contributed by atoms with Crippen LogP contribution >= 0.6 is 11.3 Å². The number of nitrogen functional groups attached to an aromatic ring is 1. The molecule has 0 saturated carbocycles. The maximum Gasteiger partial charge on any atom is 0.255 e. The van der Waals surface area contributed by atoms with Crippen LogP contribution < -0.4 is 5.73 Å². The van der Waals surface area contributed by atoms with Gasteiger partial charge < -0.3 is 10.6 Å². The summed E-state index contributed by atoms with van der Waals surface area (Å²) in [6.07, 6.45) is 0. The number of carbonyl (C=O) groups excluding carboxylic acids is 1. The first-order valence-corrected chi connectivity index (χ1v) is 6.65. The van der Waals surface area contributed by atoms with Crippen LogP contribution in [0.2, 0.25) is 0 Å². The molecule has 0 atom stereocenters. The molecule has 0 bridgehead atoms. The molecule has 1 aromatic carbocycles. The Balaban J connectivity index is 2.11. The van der Waals surface area contributed by atoms with Crippen molar-refractivity contribution in [3.63, 3.8) is 0 Å². The molecule has 0 unspecified atom stereocenters. The third kappa shape index (κ3) is 2.71. The minimum atomic E-state index is 0.0520. The van der Waals surface area contributed by atoms with Gasteiger partial charge in [-0.2, -0.15) is 11.3 Å². The van der Waals surface area contributed by atoms with Crippen molar-refractivity contribution in [1.82, 2.24) is 4.90 Å². The molecule has 3 nitrogen and oxygen atoms in total. The molecule has 1 heterocycles. The largest absolute Gasteiger partial charge is 0.399 e. The lowest BCUT2D eigenvalue weighted by Gasteiger charge is -2.17. The highest BCUT2D eigenvalue weighted by Gasteiger charge is 2.14. The van der Waals surface area contributed by atoms with Gasteiger partial charge in [0, 0.05) is 24.7 Å². The lowest BCUT2D eigenvalue weighted by molar-refractivity contribution is 0.0785. The van der Waals surface area contributed by atoms with E-state index >= 15 is 0 Å². The maximum atomic E-state index is 12.2. The second-order valence-corrected chi connectivity index (χ2v) is 5.12. The average Bonchev–Trinajstić information content (AvgIpc) is 2.74. The van der Waals surface area contributed by atoms with Crippen LogP contribution in [0.25, 0.3) is 0 Å². The summed E-state index contributed by atoms with van der Waals surface area (Å²) in [7, 11) is 1.81. The van der Waals surface area contributed by atoms with Gasteiger partial charge in [-0.1, -0.05) is 12.1 Å². The van der Waals surface area contributed by atoms with E-state index in [-0.39, 0.29) is 5.91 Å². The van der Waals surface area contributed by atoms with E-state index in [9.17, 15) is 4.79 Å². The van der Waals surface area contributed by atoms with Crippen molar-refractivity contribution in [2.75, 3.05) is 12.8 Å². The van der Waals surface area contributed by atoms with Crippen molar-refractivity contribution >= 4 is 22.9 Å². The van der Waals surface area contributed by atoms with Crippen LogP contribution in [0.1, 0.15) is 21.5 Å². The summed E-state index contributed by atoms with van der Waals surface area (Å²) in [5.74, 6) is 0.0520. The summed E-state index contributed by atoms with van der Waals surface area (Å²) >= 11 is 1.55. The fourth-order valence-electron chi connectivity index (χ4n) is 1.82. The van der Waals surface area contributed by atoms with Crippen molar-refractivity contribution < 1.29 is 4.79 Å². The Hall–Kier alpha value is -1.81. The quantitative estimate of drug-likeness (QED) is 0.862. The lowest BCUT2D eigenvalue weighted by Crippen LogP contribution is -2.26. The summed E-state index contributed by atoms with van der Waals surface area (Å²) in [5, 5.41) is 3.88. The Morgan fingerprint density at radius 3 is 2.78 bits per heavy atom. The Morgan fingerprint density at radius 1 is 1.39 bits per heavy atom. The summed E-state index contributed by atoms with van der Waals surface area (Å²) < 4.78 is 0. The summed E-state index contributed by atoms with van der Waals surface area (Å²) in [5.41, 5.74) is 9.31. The van der Waals surface area contributed by atoms with Gasteiger partial charge in [0.2, 0.25) is 0 Å². The first-order valence-electron chi connectivity index (χ1n) is 5.70. The predicted molar refractivity (Wildman–Crippen MR) is 75.7 cm³/mol. The zero-order valence-corrected chi connectivity index (χ0v) is 11.3. The van der Waals surface area contributed by atoms with E-state index in [0.29, 0.717) is 6.54 Å². The highest BCUT2D eigenvalue weighted by atomic mass is 32.1. The summed E-state index contributed by atoms with van der Waals surface area (Å²) in [6.45, 7) is 2.53. The van der Waals surface area contributed by atoms with Gasteiger partial charge in [0.1, 0.15) is 0 Å². The average molecular weight is 260 g/mol. The van der Waals surface area contributed by atoms with Crippen molar-refractivity contribution in [3.8, 4) is 0 Å². The minimum absolute atomic E-state index is 0.0520. The first-order chi connectivity index (χ1) is 8.58. The van der Waals surface area contributed by atoms with Crippen LogP contribution in [-0.2, 0) is 6.54 Å². The van der Waals surface area contributed by atoms with E-state index in [2.05, 4.69) is 0 Å². The van der Waals surface area contributed by atoms with Crippen LogP contribution in [0.5, 0.6) is 0 Å². The Kier molecular flexibility index (Phi) is 3.67. The fourth-order valence-corrected chi connectivity index (χ4v) is 2.64.